The summed E-state index contributed by atoms with van der Waals surface area (Å²) < 4.78 is 2.27. The van der Waals surface area contributed by atoms with Crippen molar-refractivity contribution in [3.8, 4) is 0 Å². The van der Waals surface area contributed by atoms with E-state index in [4.69, 9.17) is 0 Å². The van der Waals surface area contributed by atoms with Crippen molar-refractivity contribution in [3.63, 3.8) is 0 Å². The highest BCUT2D eigenvalue weighted by atomic mass is 32.1. The monoisotopic (exact) mass is 264 g/mol. The first kappa shape index (κ1) is 11.6. The molecular weight excluding hydrogens is 248 g/mol. The van der Waals surface area contributed by atoms with Crippen LogP contribution in [0.15, 0.2) is 5.51 Å². The van der Waals surface area contributed by atoms with Gasteiger partial charge in [0.1, 0.15) is 11.3 Å². The predicted octanol–water partition coefficient (Wildman–Crippen LogP) is 1.83. The van der Waals surface area contributed by atoms with E-state index in [-0.39, 0.29) is 0 Å². The van der Waals surface area contributed by atoms with Crippen LogP contribution in [0.2, 0.25) is 0 Å². The summed E-state index contributed by atoms with van der Waals surface area (Å²) in [6.07, 6.45) is 0. The standard InChI is InChI=1S/C11H16N6S/c1-7(2)10-14-13-9-5-16(4-8(3)17(9)10)11-15-12-6-18-11/h6-8H,4-5H2,1-3H3/t8-/m0/s1. The van der Waals surface area contributed by atoms with Gasteiger partial charge in [0.25, 0.3) is 0 Å². The minimum absolute atomic E-state index is 0.366. The Balaban J connectivity index is 1.94. The van der Waals surface area contributed by atoms with Crippen molar-refractivity contribution in [1.29, 1.82) is 0 Å². The molecule has 0 unspecified atom stereocenters. The maximum atomic E-state index is 4.32. The number of hydrogen-bond acceptors (Lipinski definition) is 6. The number of aromatic nitrogens is 5. The first-order chi connectivity index (χ1) is 8.66. The van der Waals surface area contributed by atoms with Crippen LogP contribution in [0, 0.1) is 0 Å². The third-order valence-corrected chi connectivity index (χ3v) is 3.94. The second kappa shape index (κ2) is 4.31. The van der Waals surface area contributed by atoms with Crippen molar-refractivity contribution in [2.24, 2.45) is 0 Å². The van der Waals surface area contributed by atoms with Crippen molar-refractivity contribution in [2.75, 3.05) is 11.4 Å². The minimum Gasteiger partial charge on any atom is -0.337 e. The number of rotatable bonds is 2. The quantitative estimate of drug-likeness (QED) is 0.828. The summed E-state index contributed by atoms with van der Waals surface area (Å²) in [7, 11) is 0. The molecule has 1 aliphatic rings. The third-order valence-electron chi connectivity index (χ3n) is 3.19. The molecule has 0 saturated carbocycles. The van der Waals surface area contributed by atoms with Crippen LogP contribution in [0.5, 0.6) is 0 Å². The molecule has 0 N–H and O–H groups in total. The summed E-state index contributed by atoms with van der Waals surface area (Å²) in [6.45, 7) is 8.20. The normalized spacial score (nSPS) is 19.3. The summed E-state index contributed by atoms with van der Waals surface area (Å²) in [5.41, 5.74) is 1.76. The molecule has 0 amide bonds. The average molecular weight is 264 g/mol. The summed E-state index contributed by atoms with van der Waals surface area (Å²) in [5.74, 6) is 2.50. The van der Waals surface area contributed by atoms with Gasteiger partial charge in [-0.2, -0.15) is 0 Å². The van der Waals surface area contributed by atoms with Crippen LogP contribution >= 0.6 is 11.3 Å². The van der Waals surface area contributed by atoms with Gasteiger partial charge in [0.15, 0.2) is 5.82 Å². The van der Waals surface area contributed by atoms with Gasteiger partial charge in [0.05, 0.1) is 12.6 Å². The molecule has 1 aliphatic heterocycles. The van der Waals surface area contributed by atoms with Gasteiger partial charge < -0.3 is 9.47 Å². The average Bonchev–Trinajstić information content (AvgIpc) is 2.97. The zero-order valence-electron chi connectivity index (χ0n) is 10.7. The van der Waals surface area contributed by atoms with Crippen LogP contribution in [-0.4, -0.2) is 31.5 Å². The Bertz CT molecular complexity index is 532. The van der Waals surface area contributed by atoms with Crippen LogP contribution in [0.3, 0.4) is 0 Å². The topological polar surface area (TPSA) is 59.7 Å². The maximum Gasteiger partial charge on any atom is 0.208 e. The number of fused-ring (bicyclic) bond motifs is 1. The summed E-state index contributed by atoms with van der Waals surface area (Å²) >= 11 is 1.57. The molecule has 2 aromatic heterocycles. The van der Waals surface area contributed by atoms with Crippen molar-refractivity contribution in [3.05, 3.63) is 17.2 Å². The molecule has 0 saturated heterocycles. The molecule has 6 nitrogen and oxygen atoms in total. The van der Waals surface area contributed by atoms with Gasteiger partial charge in [-0.3, -0.25) is 0 Å². The van der Waals surface area contributed by atoms with E-state index in [0.29, 0.717) is 12.0 Å². The van der Waals surface area contributed by atoms with Crippen LogP contribution in [-0.2, 0) is 6.54 Å². The third kappa shape index (κ3) is 1.78. The summed E-state index contributed by atoms with van der Waals surface area (Å²) in [6, 6.07) is 0.366. The molecule has 0 radical (unpaired) electrons. The second-order valence-electron chi connectivity index (χ2n) is 4.95. The lowest BCUT2D eigenvalue weighted by Crippen LogP contribution is -2.37. The first-order valence-corrected chi connectivity index (χ1v) is 6.99. The molecule has 0 bridgehead atoms. The molecule has 1 atom stereocenters. The molecule has 3 heterocycles. The Morgan fingerprint density at radius 3 is 2.83 bits per heavy atom. The fraction of sp³-hybridized carbons (Fsp3) is 0.636. The second-order valence-corrected chi connectivity index (χ2v) is 5.76. The van der Waals surface area contributed by atoms with Gasteiger partial charge in [-0.1, -0.05) is 25.2 Å². The lowest BCUT2D eigenvalue weighted by atomic mass is 10.1. The van der Waals surface area contributed by atoms with Gasteiger partial charge in [-0.05, 0) is 6.92 Å². The Labute approximate surface area is 110 Å². The Hall–Kier alpha value is -1.50. The Kier molecular flexibility index (Phi) is 2.77. The molecule has 3 rings (SSSR count). The van der Waals surface area contributed by atoms with Crippen molar-refractivity contribution >= 4 is 16.5 Å². The van der Waals surface area contributed by atoms with Crippen LogP contribution in [0.1, 0.15) is 44.4 Å². The number of nitrogens with zero attached hydrogens (tertiary/aromatic N) is 6. The zero-order chi connectivity index (χ0) is 12.7. The van der Waals surface area contributed by atoms with Crippen molar-refractivity contribution in [2.45, 2.75) is 39.3 Å². The SMILES string of the molecule is CC(C)c1nnc2n1[C@@H](C)CN(c1nncs1)C2. The van der Waals surface area contributed by atoms with Crippen LogP contribution in [0.4, 0.5) is 5.13 Å². The van der Waals surface area contributed by atoms with E-state index >= 15 is 0 Å². The van der Waals surface area contributed by atoms with Crippen molar-refractivity contribution < 1.29 is 0 Å². The fourth-order valence-corrected chi connectivity index (χ4v) is 2.98. The van der Waals surface area contributed by atoms with Gasteiger partial charge in [-0.15, -0.1) is 20.4 Å². The van der Waals surface area contributed by atoms with E-state index in [1.807, 2.05) is 0 Å². The van der Waals surface area contributed by atoms with Gasteiger partial charge in [0.2, 0.25) is 5.13 Å². The molecule has 7 heteroatoms. The van der Waals surface area contributed by atoms with E-state index in [0.717, 1.165) is 29.9 Å². The highest BCUT2D eigenvalue weighted by Crippen LogP contribution is 2.28. The number of anilines is 1. The largest absolute Gasteiger partial charge is 0.337 e. The van der Waals surface area contributed by atoms with E-state index in [1.54, 1.807) is 16.8 Å². The van der Waals surface area contributed by atoms with E-state index in [9.17, 15) is 0 Å². The molecule has 18 heavy (non-hydrogen) atoms. The van der Waals surface area contributed by atoms with Crippen LogP contribution in [0.25, 0.3) is 0 Å². The molecule has 0 aliphatic carbocycles. The molecule has 0 aromatic carbocycles. The smallest absolute Gasteiger partial charge is 0.208 e. The molecule has 0 fully saturated rings. The number of hydrogen-bond donors (Lipinski definition) is 0. The minimum atomic E-state index is 0.366. The highest BCUT2D eigenvalue weighted by molar-refractivity contribution is 7.13. The van der Waals surface area contributed by atoms with Crippen LogP contribution < -0.4 is 4.90 Å². The summed E-state index contributed by atoms with van der Waals surface area (Å²) in [5, 5.41) is 17.6. The molecular formula is C11H16N6S. The Morgan fingerprint density at radius 2 is 2.17 bits per heavy atom. The maximum absolute atomic E-state index is 4.32. The van der Waals surface area contributed by atoms with E-state index in [2.05, 4.69) is 50.6 Å². The van der Waals surface area contributed by atoms with E-state index < -0.39 is 0 Å². The zero-order valence-corrected chi connectivity index (χ0v) is 11.6. The molecule has 0 spiro atoms. The Morgan fingerprint density at radius 1 is 1.33 bits per heavy atom. The highest BCUT2D eigenvalue weighted by Gasteiger charge is 2.28. The van der Waals surface area contributed by atoms with Gasteiger partial charge >= 0.3 is 0 Å². The summed E-state index contributed by atoms with van der Waals surface area (Å²) in [4.78, 5) is 2.22. The molecule has 96 valence electrons. The van der Waals surface area contributed by atoms with Gasteiger partial charge in [-0.25, -0.2) is 0 Å². The molecule has 2 aromatic rings. The predicted molar refractivity (Wildman–Crippen MR) is 69.8 cm³/mol. The fourth-order valence-electron chi connectivity index (χ4n) is 2.41. The lowest BCUT2D eigenvalue weighted by molar-refractivity contribution is 0.442. The first-order valence-electron chi connectivity index (χ1n) is 6.11. The van der Waals surface area contributed by atoms with Crippen molar-refractivity contribution in [1.82, 2.24) is 25.0 Å². The lowest BCUT2D eigenvalue weighted by Gasteiger charge is -2.32. The van der Waals surface area contributed by atoms with E-state index in [1.165, 1.54) is 0 Å². The van der Waals surface area contributed by atoms with Gasteiger partial charge in [0, 0.05) is 12.5 Å².